The third-order valence-electron chi connectivity index (χ3n) is 1.50. The van der Waals surface area contributed by atoms with Crippen molar-refractivity contribution in [3.8, 4) is 0 Å². The summed E-state index contributed by atoms with van der Waals surface area (Å²) < 4.78 is 12.6. The maximum absolute atomic E-state index is 12.6. The molecule has 0 spiro atoms. The van der Waals surface area contributed by atoms with E-state index in [4.69, 9.17) is 0 Å². The average molecular weight is 204 g/mol. The van der Waals surface area contributed by atoms with Gasteiger partial charge in [-0.3, -0.25) is 19.8 Å². The van der Waals surface area contributed by atoms with Crippen molar-refractivity contribution in [2.75, 3.05) is 0 Å². The summed E-state index contributed by atoms with van der Waals surface area (Å²) in [6.45, 7) is 4.13. The molecule has 0 aromatic carbocycles. The zero-order valence-corrected chi connectivity index (χ0v) is 8.28. The molecule has 0 aromatic rings. The Morgan fingerprint density at radius 1 is 1.36 bits per heavy atom. The lowest BCUT2D eigenvalue weighted by Crippen LogP contribution is -2.49. The lowest BCUT2D eigenvalue weighted by atomic mass is 10.3. The van der Waals surface area contributed by atoms with Gasteiger partial charge in [0.05, 0.1) is 0 Å². The van der Waals surface area contributed by atoms with Crippen LogP contribution in [0, 0.1) is 0 Å². The number of alkyl halides is 1. The largest absolute Gasteiger partial charge is 0.330 e. The second kappa shape index (κ2) is 5.31. The molecular weight excluding hydrogens is 191 g/mol. The molecule has 14 heavy (non-hydrogen) atoms. The van der Waals surface area contributed by atoms with E-state index in [1.165, 1.54) is 0 Å². The quantitative estimate of drug-likeness (QED) is 0.678. The Labute approximate surface area is 81.3 Å². The Morgan fingerprint density at radius 2 is 1.86 bits per heavy atom. The number of rotatable bonds is 3. The standard InChI is InChI=1S/C8H13FN2O3/c1-5(2)11(7(13)6(3)9)8(14)10-4-12/h4-6H,1-3H3,(H,10,12,14). The first kappa shape index (κ1) is 12.5. The third kappa shape index (κ3) is 3.12. The minimum absolute atomic E-state index is 0.147. The molecule has 0 rings (SSSR count). The van der Waals surface area contributed by atoms with Crippen LogP contribution in [-0.4, -0.2) is 35.5 Å². The van der Waals surface area contributed by atoms with Crippen molar-refractivity contribution in [1.29, 1.82) is 0 Å². The number of urea groups is 1. The lowest BCUT2D eigenvalue weighted by Gasteiger charge is -2.24. The number of imide groups is 2. The number of hydrogen-bond donors (Lipinski definition) is 1. The van der Waals surface area contributed by atoms with Crippen LogP contribution in [0.2, 0.25) is 0 Å². The molecule has 0 fully saturated rings. The Morgan fingerprint density at radius 3 is 2.14 bits per heavy atom. The summed E-state index contributed by atoms with van der Waals surface area (Å²) in [5, 5.41) is 1.78. The fourth-order valence-corrected chi connectivity index (χ4v) is 0.901. The molecule has 5 nitrogen and oxygen atoms in total. The minimum Gasteiger partial charge on any atom is -0.280 e. The molecule has 0 aliphatic heterocycles. The van der Waals surface area contributed by atoms with Gasteiger partial charge in [0.15, 0.2) is 6.17 Å². The molecular formula is C8H13FN2O3. The summed E-state index contributed by atoms with van der Waals surface area (Å²) in [6.07, 6.45) is -1.62. The van der Waals surface area contributed by atoms with E-state index in [0.717, 1.165) is 6.92 Å². The van der Waals surface area contributed by atoms with E-state index in [1.807, 2.05) is 0 Å². The predicted octanol–water partition coefficient (Wildman–Crippen LogP) is 0.447. The fourth-order valence-electron chi connectivity index (χ4n) is 0.901. The first-order chi connectivity index (χ1) is 6.41. The summed E-state index contributed by atoms with van der Waals surface area (Å²) in [4.78, 5) is 32.9. The highest BCUT2D eigenvalue weighted by Gasteiger charge is 2.27. The summed E-state index contributed by atoms with van der Waals surface area (Å²) in [5.41, 5.74) is 0. The molecule has 0 saturated heterocycles. The smallest absolute Gasteiger partial charge is 0.280 e. The molecule has 4 amide bonds. The molecule has 0 aliphatic carbocycles. The predicted molar refractivity (Wildman–Crippen MR) is 47.1 cm³/mol. The van der Waals surface area contributed by atoms with Gasteiger partial charge in [-0.1, -0.05) is 0 Å². The number of carbonyl (C=O) groups is 3. The van der Waals surface area contributed by atoms with E-state index >= 15 is 0 Å². The highest BCUT2D eigenvalue weighted by molar-refractivity contribution is 5.99. The molecule has 0 aliphatic rings. The van der Waals surface area contributed by atoms with E-state index in [2.05, 4.69) is 0 Å². The monoisotopic (exact) mass is 204 g/mol. The van der Waals surface area contributed by atoms with Gasteiger partial charge in [0, 0.05) is 6.04 Å². The van der Waals surface area contributed by atoms with E-state index < -0.39 is 24.2 Å². The number of nitrogens with zero attached hydrogens (tertiary/aromatic N) is 1. The van der Waals surface area contributed by atoms with Crippen LogP contribution in [0.25, 0.3) is 0 Å². The second-order valence-corrected chi connectivity index (χ2v) is 2.99. The molecule has 0 bridgehead atoms. The van der Waals surface area contributed by atoms with Crippen LogP contribution in [0.15, 0.2) is 0 Å². The minimum atomic E-state index is -1.77. The third-order valence-corrected chi connectivity index (χ3v) is 1.50. The van der Waals surface area contributed by atoms with Gasteiger partial charge in [-0.15, -0.1) is 0 Å². The van der Waals surface area contributed by atoms with Crippen molar-refractivity contribution in [1.82, 2.24) is 10.2 Å². The maximum Gasteiger partial charge on any atom is 0.330 e. The lowest BCUT2D eigenvalue weighted by molar-refractivity contribution is -0.134. The molecule has 6 heteroatoms. The molecule has 0 heterocycles. The molecule has 1 N–H and O–H groups in total. The van der Waals surface area contributed by atoms with Crippen molar-refractivity contribution < 1.29 is 18.8 Å². The number of nitrogens with one attached hydrogen (secondary N) is 1. The molecule has 0 saturated carbocycles. The van der Waals surface area contributed by atoms with E-state index in [0.29, 0.717) is 4.90 Å². The van der Waals surface area contributed by atoms with Crippen LogP contribution in [-0.2, 0) is 9.59 Å². The van der Waals surface area contributed by atoms with Gasteiger partial charge >= 0.3 is 6.03 Å². The van der Waals surface area contributed by atoms with Crippen LogP contribution in [0.4, 0.5) is 9.18 Å². The summed E-state index contributed by atoms with van der Waals surface area (Å²) >= 11 is 0. The zero-order valence-electron chi connectivity index (χ0n) is 8.28. The van der Waals surface area contributed by atoms with E-state index in [-0.39, 0.29) is 6.41 Å². The fraction of sp³-hybridized carbons (Fsp3) is 0.625. The molecule has 1 unspecified atom stereocenters. The Balaban J connectivity index is 4.67. The molecule has 0 radical (unpaired) electrons. The van der Waals surface area contributed by atoms with Crippen LogP contribution in [0.5, 0.6) is 0 Å². The van der Waals surface area contributed by atoms with Crippen molar-refractivity contribution >= 4 is 18.3 Å². The Bertz CT molecular complexity index is 241. The van der Waals surface area contributed by atoms with Gasteiger partial charge in [0.2, 0.25) is 6.41 Å². The van der Waals surface area contributed by atoms with Crippen LogP contribution in [0.3, 0.4) is 0 Å². The maximum atomic E-state index is 12.6. The van der Waals surface area contributed by atoms with Crippen molar-refractivity contribution in [3.63, 3.8) is 0 Å². The van der Waals surface area contributed by atoms with Gasteiger partial charge in [-0.05, 0) is 20.8 Å². The Kier molecular flexibility index (Phi) is 4.76. The molecule has 1 atom stereocenters. The van der Waals surface area contributed by atoms with Gasteiger partial charge in [-0.2, -0.15) is 0 Å². The topological polar surface area (TPSA) is 66.5 Å². The second-order valence-electron chi connectivity index (χ2n) is 2.99. The van der Waals surface area contributed by atoms with Crippen molar-refractivity contribution in [2.45, 2.75) is 33.0 Å². The van der Waals surface area contributed by atoms with Crippen LogP contribution >= 0.6 is 0 Å². The van der Waals surface area contributed by atoms with Crippen LogP contribution < -0.4 is 5.32 Å². The molecule has 0 aromatic heterocycles. The summed E-state index contributed by atoms with van der Waals surface area (Å²) in [6, 6.07) is -1.41. The van der Waals surface area contributed by atoms with Gasteiger partial charge in [0.1, 0.15) is 0 Å². The van der Waals surface area contributed by atoms with Crippen LogP contribution in [0.1, 0.15) is 20.8 Å². The van der Waals surface area contributed by atoms with Gasteiger partial charge in [-0.25, -0.2) is 9.18 Å². The average Bonchev–Trinajstić information content (AvgIpc) is 2.03. The van der Waals surface area contributed by atoms with E-state index in [1.54, 1.807) is 19.2 Å². The number of halogens is 1. The summed E-state index contributed by atoms with van der Waals surface area (Å²) in [5.74, 6) is -0.959. The number of carbonyl (C=O) groups excluding carboxylic acids is 3. The van der Waals surface area contributed by atoms with Gasteiger partial charge in [0.25, 0.3) is 5.91 Å². The van der Waals surface area contributed by atoms with E-state index in [9.17, 15) is 18.8 Å². The normalized spacial score (nSPS) is 12.1. The molecule has 80 valence electrons. The first-order valence-corrected chi connectivity index (χ1v) is 4.13. The SMILES string of the molecule is CC(F)C(=O)N(C(=O)NC=O)C(C)C. The van der Waals surface area contributed by atoms with Crippen molar-refractivity contribution in [3.05, 3.63) is 0 Å². The zero-order chi connectivity index (χ0) is 11.3. The first-order valence-electron chi connectivity index (χ1n) is 4.13. The van der Waals surface area contributed by atoms with Crippen molar-refractivity contribution in [2.24, 2.45) is 0 Å². The van der Waals surface area contributed by atoms with Gasteiger partial charge < -0.3 is 0 Å². The highest BCUT2D eigenvalue weighted by Crippen LogP contribution is 2.04. The number of amides is 4. The summed E-state index contributed by atoms with van der Waals surface area (Å²) in [7, 11) is 0. The highest BCUT2D eigenvalue weighted by atomic mass is 19.1. The number of hydrogen-bond acceptors (Lipinski definition) is 3. The Hall–Kier alpha value is -1.46.